The van der Waals surface area contributed by atoms with Gasteiger partial charge in [-0.3, -0.25) is 9.59 Å². The van der Waals surface area contributed by atoms with Crippen LogP contribution in [0.4, 0.5) is 30.7 Å². The van der Waals surface area contributed by atoms with Crippen LogP contribution >= 0.6 is 23.2 Å². The maximum Gasteiger partial charge on any atom is 0.389 e. The molecule has 0 amide bonds. The molecular weight excluding hydrogens is 392 g/mol. The van der Waals surface area contributed by atoms with Crippen molar-refractivity contribution in [1.82, 2.24) is 0 Å². The van der Waals surface area contributed by atoms with Crippen molar-refractivity contribution in [3.63, 3.8) is 0 Å². The van der Waals surface area contributed by atoms with Gasteiger partial charge in [0, 0.05) is 29.5 Å². The van der Waals surface area contributed by atoms with E-state index in [4.69, 9.17) is 23.2 Å². The Morgan fingerprint density at radius 3 is 1.54 bits per heavy atom. The third-order valence-electron chi connectivity index (χ3n) is 2.93. The molecule has 0 aromatic heterocycles. The summed E-state index contributed by atoms with van der Waals surface area (Å²) in [4.78, 5) is 22.1. The van der Waals surface area contributed by atoms with Crippen LogP contribution in [0.15, 0.2) is 18.2 Å². The number of alkyl halides is 7. The first-order chi connectivity index (χ1) is 10.7. The van der Waals surface area contributed by atoms with Crippen molar-refractivity contribution in [1.29, 1.82) is 0 Å². The first-order valence-electron chi connectivity index (χ1n) is 6.05. The van der Waals surface area contributed by atoms with Crippen molar-refractivity contribution >= 4 is 33.7 Å². The summed E-state index contributed by atoms with van der Waals surface area (Å²) in [6.45, 7) is 0. The van der Waals surface area contributed by atoms with Gasteiger partial charge in [0.1, 0.15) is 0 Å². The van der Waals surface area contributed by atoms with E-state index in [1.54, 1.807) is 0 Å². The maximum atomic E-state index is 14.0. The lowest BCUT2D eigenvalue weighted by atomic mass is 9.95. The summed E-state index contributed by atoms with van der Waals surface area (Å²) in [5.41, 5.74) is -3.01. The van der Waals surface area contributed by atoms with E-state index in [1.165, 1.54) is 0 Å². The third-order valence-corrected chi connectivity index (χ3v) is 3.37. The number of rotatable bonds is 6. The molecule has 0 radical (unpaired) electrons. The number of carbonyl (C=O) groups excluding carboxylic acids is 2. The summed E-state index contributed by atoms with van der Waals surface area (Å²) < 4.78 is 91.2. The first kappa shape index (κ1) is 20.7. The highest BCUT2D eigenvalue weighted by Crippen LogP contribution is 2.47. The van der Waals surface area contributed by atoms with Crippen LogP contribution in [-0.4, -0.2) is 22.6 Å². The molecule has 0 saturated carbocycles. The molecule has 0 bridgehead atoms. The molecule has 2 nitrogen and oxygen atoms in total. The lowest BCUT2D eigenvalue weighted by molar-refractivity contribution is -0.233. The minimum Gasteiger partial charge on any atom is -0.276 e. The average Bonchev–Trinajstić information content (AvgIpc) is 2.43. The summed E-state index contributed by atoms with van der Waals surface area (Å²) in [6, 6.07) is 1.22. The molecule has 0 aliphatic rings. The van der Waals surface area contributed by atoms with Gasteiger partial charge in [-0.05, 0) is 41.4 Å². The molecule has 1 rings (SSSR count). The summed E-state index contributed by atoms with van der Waals surface area (Å²) in [5.74, 6) is -10.2. The van der Waals surface area contributed by atoms with Crippen LogP contribution in [0.5, 0.6) is 0 Å². The lowest BCUT2D eigenvalue weighted by Gasteiger charge is -2.27. The molecule has 11 heteroatoms. The van der Waals surface area contributed by atoms with Gasteiger partial charge in [-0.15, -0.1) is 0 Å². The van der Waals surface area contributed by atoms with Gasteiger partial charge in [0.15, 0.2) is 0 Å². The molecule has 0 spiro atoms. The second-order valence-electron chi connectivity index (χ2n) is 4.74. The molecule has 24 heavy (non-hydrogen) atoms. The smallest absolute Gasteiger partial charge is 0.276 e. The number of hydrogen-bond acceptors (Lipinski definition) is 2. The van der Waals surface area contributed by atoms with E-state index < -0.39 is 58.0 Å². The molecule has 0 saturated heterocycles. The molecule has 0 fully saturated rings. The Labute approximate surface area is 140 Å². The zero-order valence-electron chi connectivity index (χ0n) is 11.4. The molecule has 0 N–H and O–H groups in total. The predicted molar refractivity (Wildman–Crippen MR) is 70.9 cm³/mol. The molecule has 0 atom stereocenters. The van der Waals surface area contributed by atoms with Crippen molar-refractivity contribution in [3.8, 4) is 0 Å². The van der Waals surface area contributed by atoms with Gasteiger partial charge in [0.2, 0.25) is 0 Å². The van der Waals surface area contributed by atoms with E-state index >= 15 is 0 Å². The zero-order valence-corrected chi connectivity index (χ0v) is 12.9. The molecule has 0 heterocycles. The van der Waals surface area contributed by atoms with Crippen LogP contribution in [0.2, 0.25) is 0 Å². The fourth-order valence-corrected chi connectivity index (χ4v) is 1.92. The Hall–Kier alpha value is -1.35. The normalized spacial score (nSPS) is 13.0. The van der Waals surface area contributed by atoms with E-state index in [2.05, 4.69) is 0 Å². The largest absolute Gasteiger partial charge is 0.389 e. The van der Waals surface area contributed by atoms with Crippen LogP contribution in [-0.2, 0) is 5.92 Å². The van der Waals surface area contributed by atoms with E-state index in [0.717, 1.165) is 0 Å². The van der Waals surface area contributed by atoms with E-state index in [9.17, 15) is 40.3 Å². The SMILES string of the molecule is O=C(Cl)c1cc(C(=O)Cl)cc(C(F)(F)C(F)(F)CCC(F)(F)F)c1. The molecule has 1 aromatic carbocycles. The summed E-state index contributed by atoms with van der Waals surface area (Å²) in [6.07, 6.45) is -9.40. The summed E-state index contributed by atoms with van der Waals surface area (Å²) >= 11 is 10.1. The fourth-order valence-electron chi connectivity index (χ4n) is 1.70. The first-order valence-corrected chi connectivity index (χ1v) is 6.80. The Morgan fingerprint density at radius 2 is 1.21 bits per heavy atom. The highest BCUT2D eigenvalue weighted by Gasteiger charge is 2.58. The van der Waals surface area contributed by atoms with Crippen LogP contribution in [0.3, 0.4) is 0 Å². The van der Waals surface area contributed by atoms with Gasteiger partial charge in [-0.25, -0.2) is 0 Å². The predicted octanol–water partition coefficient (Wildman–Crippen LogP) is 5.51. The Morgan fingerprint density at radius 1 is 0.792 bits per heavy atom. The highest BCUT2D eigenvalue weighted by molar-refractivity contribution is 6.69. The molecule has 0 unspecified atom stereocenters. The van der Waals surface area contributed by atoms with Gasteiger partial charge in [-0.1, -0.05) is 0 Å². The van der Waals surface area contributed by atoms with Crippen molar-refractivity contribution in [2.45, 2.75) is 30.9 Å². The lowest BCUT2D eigenvalue weighted by Crippen LogP contribution is -2.39. The van der Waals surface area contributed by atoms with Gasteiger partial charge in [-0.2, -0.15) is 30.7 Å². The fraction of sp³-hybridized carbons (Fsp3) is 0.385. The summed E-state index contributed by atoms with van der Waals surface area (Å²) in [7, 11) is 0. The molecule has 0 aliphatic carbocycles. The second-order valence-corrected chi connectivity index (χ2v) is 5.43. The van der Waals surface area contributed by atoms with Gasteiger partial charge in [0.05, 0.1) is 0 Å². The van der Waals surface area contributed by atoms with Gasteiger partial charge >= 0.3 is 18.0 Å². The van der Waals surface area contributed by atoms with Crippen LogP contribution < -0.4 is 0 Å². The van der Waals surface area contributed by atoms with Gasteiger partial charge in [0.25, 0.3) is 10.5 Å². The number of hydrogen-bond donors (Lipinski definition) is 0. The zero-order chi connectivity index (χ0) is 18.9. The molecule has 0 aliphatic heterocycles. The summed E-state index contributed by atoms with van der Waals surface area (Å²) in [5, 5.41) is -2.68. The van der Waals surface area contributed by atoms with Crippen molar-refractivity contribution in [3.05, 3.63) is 34.9 Å². The van der Waals surface area contributed by atoms with Crippen LogP contribution in [0.25, 0.3) is 0 Å². The van der Waals surface area contributed by atoms with E-state index in [0.29, 0.717) is 6.07 Å². The molecular formula is C13H7Cl2F7O2. The number of halogens is 9. The molecule has 134 valence electrons. The third kappa shape index (κ3) is 4.83. The van der Waals surface area contributed by atoms with Gasteiger partial charge < -0.3 is 0 Å². The van der Waals surface area contributed by atoms with Crippen molar-refractivity contribution < 1.29 is 40.3 Å². The Bertz CT molecular complexity index is 624. The number of carbonyl (C=O) groups is 2. The standard InChI is InChI=1S/C13H7Cl2F7O2/c14-9(23)6-3-7(10(15)24)5-8(4-6)13(21,22)11(16,17)1-2-12(18,19)20/h3-5H,1-2H2. The van der Waals surface area contributed by atoms with E-state index in [-0.39, 0.29) is 12.1 Å². The highest BCUT2D eigenvalue weighted by atomic mass is 35.5. The Balaban J connectivity index is 3.34. The monoisotopic (exact) mass is 398 g/mol. The average molecular weight is 399 g/mol. The quantitative estimate of drug-likeness (QED) is 0.467. The minimum atomic E-state index is -5.10. The molecule has 1 aromatic rings. The topological polar surface area (TPSA) is 34.1 Å². The number of benzene rings is 1. The van der Waals surface area contributed by atoms with Crippen molar-refractivity contribution in [2.24, 2.45) is 0 Å². The Kier molecular flexibility index (Phi) is 5.93. The maximum absolute atomic E-state index is 14.0. The van der Waals surface area contributed by atoms with E-state index in [1.807, 2.05) is 0 Å². The second kappa shape index (κ2) is 6.87. The van der Waals surface area contributed by atoms with Crippen LogP contribution in [0.1, 0.15) is 39.1 Å². The van der Waals surface area contributed by atoms with Crippen LogP contribution in [0, 0.1) is 0 Å². The van der Waals surface area contributed by atoms with Crippen molar-refractivity contribution in [2.75, 3.05) is 0 Å². The minimum absolute atomic E-state index is 0.264.